The monoisotopic (exact) mass is 300 g/mol. The summed E-state index contributed by atoms with van der Waals surface area (Å²) in [6.07, 6.45) is 0.760. The molecule has 0 radical (unpaired) electrons. The van der Waals surface area contributed by atoms with Crippen molar-refractivity contribution in [2.75, 3.05) is 0 Å². The predicted octanol–water partition coefficient (Wildman–Crippen LogP) is 4.32. The number of nitrogens with zero attached hydrogens (tertiary/aromatic N) is 2. The van der Waals surface area contributed by atoms with Crippen LogP contribution in [-0.4, -0.2) is 14.9 Å². The topological polar surface area (TPSA) is 38.1 Å². The lowest BCUT2D eigenvalue weighted by Crippen LogP contribution is -2.02. The molecule has 4 aromatic rings. The lowest BCUT2D eigenvalue weighted by molar-refractivity contribution is 0.476. The van der Waals surface area contributed by atoms with Crippen molar-refractivity contribution in [3.05, 3.63) is 90.1 Å². The van der Waals surface area contributed by atoms with Crippen molar-refractivity contribution in [3.8, 4) is 11.4 Å². The fraction of sp³-hybridized carbons (Fsp3) is 0.0500. The summed E-state index contributed by atoms with van der Waals surface area (Å²) in [5.74, 6) is 0.263. The van der Waals surface area contributed by atoms with E-state index in [0.29, 0.717) is 0 Å². The van der Waals surface area contributed by atoms with Crippen molar-refractivity contribution in [1.29, 1.82) is 0 Å². The fourth-order valence-electron chi connectivity index (χ4n) is 2.87. The van der Waals surface area contributed by atoms with Crippen molar-refractivity contribution in [2.24, 2.45) is 0 Å². The van der Waals surface area contributed by atoms with Crippen LogP contribution >= 0.6 is 0 Å². The molecule has 3 nitrogen and oxygen atoms in total. The van der Waals surface area contributed by atoms with Gasteiger partial charge >= 0.3 is 0 Å². The summed E-state index contributed by atoms with van der Waals surface area (Å²) in [5, 5.41) is 15.6. The van der Waals surface area contributed by atoms with Gasteiger partial charge in [0.25, 0.3) is 0 Å². The van der Waals surface area contributed by atoms with Gasteiger partial charge in [0, 0.05) is 11.8 Å². The van der Waals surface area contributed by atoms with Crippen molar-refractivity contribution < 1.29 is 5.11 Å². The second-order valence-electron chi connectivity index (χ2n) is 5.56. The number of rotatable bonds is 3. The molecule has 23 heavy (non-hydrogen) atoms. The summed E-state index contributed by atoms with van der Waals surface area (Å²) >= 11 is 0. The number of fused-ring (bicyclic) bond motifs is 1. The molecule has 3 aromatic carbocycles. The Bertz CT molecular complexity index is 943. The highest BCUT2D eigenvalue weighted by Crippen LogP contribution is 2.27. The average molecular weight is 300 g/mol. The van der Waals surface area contributed by atoms with Gasteiger partial charge in [0.1, 0.15) is 5.75 Å². The summed E-state index contributed by atoms with van der Waals surface area (Å²) < 4.78 is 1.97. The van der Waals surface area contributed by atoms with Crippen LogP contribution in [0.5, 0.6) is 5.75 Å². The maximum Gasteiger partial charge on any atom is 0.116 e. The smallest absolute Gasteiger partial charge is 0.116 e. The number of para-hydroxylation sites is 1. The normalized spacial score (nSPS) is 11.0. The number of aromatic hydroxyl groups is 1. The van der Waals surface area contributed by atoms with Gasteiger partial charge in [-0.3, -0.25) is 0 Å². The van der Waals surface area contributed by atoms with E-state index in [4.69, 9.17) is 5.10 Å². The summed E-state index contributed by atoms with van der Waals surface area (Å²) in [7, 11) is 0. The lowest BCUT2D eigenvalue weighted by Gasteiger charge is -2.08. The van der Waals surface area contributed by atoms with E-state index in [1.807, 2.05) is 59.3 Å². The molecule has 0 saturated carbocycles. The first-order chi connectivity index (χ1) is 11.3. The first kappa shape index (κ1) is 13.6. The van der Waals surface area contributed by atoms with Crippen LogP contribution in [0, 0.1) is 0 Å². The zero-order chi connectivity index (χ0) is 15.6. The van der Waals surface area contributed by atoms with Crippen LogP contribution in [0.1, 0.15) is 11.3 Å². The quantitative estimate of drug-likeness (QED) is 0.612. The van der Waals surface area contributed by atoms with Gasteiger partial charge in [0.2, 0.25) is 0 Å². The molecule has 1 N–H and O–H groups in total. The minimum Gasteiger partial charge on any atom is -0.508 e. The molecule has 0 spiro atoms. The lowest BCUT2D eigenvalue weighted by atomic mass is 10.1. The molecular weight excluding hydrogens is 284 g/mol. The van der Waals surface area contributed by atoms with Crippen LogP contribution in [0.2, 0.25) is 0 Å². The Labute approximate surface area is 134 Å². The molecular formula is C20H16N2O. The third-order valence-electron chi connectivity index (χ3n) is 3.97. The molecule has 4 rings (SSSR count). The van der Waals surface area contributed by atoms with Crippen LogP contribution in [0.4, 0.5) is 0 Å². The Morgan fingerprint density at radius 3 is 2.26 bits per heavy atom. The van der Waals surface area contributed by atoms with Crippen LogP contribution < -0.4 is 0 Å². The van der Waals surface area contributed by atoms with Crippen molar-refractivity contribution >= 4 is 10.9 Å². The second-order valence-corrected chi connectivity index (χ2v) is 5.56. The van der Waals surface area contributed by atoms with E-state index in [1.165, 1.54) is 5.56 Å². The van der Waals surface area contributed by atoms with Gasteiger partial charge in [0.15, 0.2) is 0 Å². The van der Waals surface area contributed by atoms with E-state index in [9.17, 15) is 5.11 Å². The molecule has 0 aliphatic heterocycles. The third-order valence-corrected chi connectivity index (χ3v) is 3.97. The van der Waals surface area contributed by atoms with E-state index < -0.39 is 0 Å². The maximum absolute atomic E-state index is 9.86. The molecule has 112 valence electrons. The zero-order valence-electron chi connectivity index (χ0n) is 12.6. The molecule has 0 bridgehead atoms. The van der Waals surface area contributed by atoms with Gasteiger partial charge in [-0.2, -0.15) is 5.10 Å². The second kappa shape index (κ2) is 5.61. The van der Waals surface area contributed by atoms with Gasteiger partial charge in [0.05, 0.1) is 16.9 Å². The number of aromatic nitrogens is 2. The molecule has 0 aliphatic carbocycles. The SMILES string of the molecule is Oc1ccc2nn(-c3ccccc3)c(Cc3ccccc3)c2c1. The van der Waals surface area contributed by atoms with Gasteiger partial charge < -0.3 is 5.11 Å². The molecule has 0 amide bonds. The number of phenols is 1. The van der Waals surface area contributed by atoms with Crippen LogP contribution in [0.25, 0.3) is 16.6 Å². The van der Waals surface area contributed by atoms with E-state index in [0.717, 1.165) is 28.7 Å². The standard InChI is InChI=1S/C20H16N2O/c23-17-11-12-19-18(14-17)20(13-15-7-3-1-4-8-15)22(21-19)16-9-5-2-6-10-16/h1-12,14,23H,13H2. The Kier molecular flexibility index (Phi) is 3.31. The highest BCUT2D eigenvalue weighted by atomic mass is 16.3. The molecule has 1 aromatic heterocycles. The van der Waals surface area contributed by atoms with E-state index >= 15 is 0 Å². The maximum atomic E-state index is 9.86. The van der Waals surface area contributed by atoms with E-state index in [-0.39, 0.29) is 5.75 Å². The molecule has 1 heterocycles. The summed E-state index contributed by atoms with van der Waals surface area (Å²) in [4.78, 5) is 0. The molecule has 3 heteroatoms. The Morgan fingerprint density at radius 1 is 0.826 bits per heavy atom. The van der Waals surface area contributed by atoms with Crippen molar-refractivity contribution in [2.45, 2.75) is 6.42 Å². The summed E-state index contributed by atoms with van der Waals surface area (Å²) in [6, 6.07) is 25.7. The highest BCUT2D eigenvalue weighted by molar-refractivity contribution is 5.84. The first-order valence-electron chi connectivity index (χ1n) is 7.61. The van der Waals surface area contributed by atoms with Gasteiger partial charge in [-0.1, -0.05) is 48.5 Å². The minimum absolute atomic E-state index is 0.263. The van der Waals surface area contributed by atoms with Crippen molar-refractivity contribution in [1.82, 2.24) is 9.78 Å². The third kappa shape index (κ3) is 2.57. The Morgan fingerprint density at radius 2 is 1.52 bits per heavy atom. The molecule has 0 fully saturated rings. The zero-order valence-corrected chi connectivity index (χ0v) is 12.6. The largest absolute Gasteiger partial charge is 0.508 e. The molecule has 0 aliphatic rings. The van der Waals surface area contributed by atoms with Crippen LogP contribution in [0.3, 0.4) is 0 Å². The minimum atomic E-state index is 0.263. The molecule has 0 saturated heterocycles. The number of hydrogen-bond acceptors (Lipinski definition) is 2. The summed E-state index contributed by atoms with van der Waals surface area (Å²) in [6.45, 7) is 0. The fourth-order valence-corrected chi connectivity index (χ4v) is 2.87. The number of phenolic OH excluding ortho intramolecular Hbond substituents is 1. The predicted molar refractivity (Wildman–Crippen MR) is 92.0 cm³/mol. The van der Waals surface area contributed by atoms with Crippen LogP contribution in [-0.2, 0) is 6.42 Å². The van der Waals surface area contributed by atoms with Crippen molar-refractivity contribution in [3.63, 3.8) is 0 Å². The number of hydrogen-bond donors (Lipinski definition) is 1. The van der Waals surface area contributed by atoms with Gasteiger partial charge in [-0.25, -0.2) is 4.68 Å². The van der Waals surface area contributed by atoms with E-state index in [1.54, 1.807) is 12.1 Å². The van der Waals surface area contributed by atoms with Crippen LogP contribution in [0.15, 0.2) is 78.9 Å². The average Bonchev–Trinajstić information content (AvgIpc) is 2.95. The Hall–Kier alpha value is -3.07. The van der Waals surface area contributed by atoms with Gasteiger partial charge in [-0.15, -0.1) is 0 Å². The molecule has 0 unspecified atom stereocenters. The number of benzene rings is 3. The highest BCUT2D eigenvalue weighted by Gasteiger charge is 2.13. The Balaban J connectivity index is 1.93. The first-order valence-corrected chi connectivity index (χ1v) is 7.61. The molecule has 0 atom stereocenters. The summed E-state index contributed by atoms with van der Waals surface area (Å²) in [5.41, 5.74) is 4.20. The van der Waals surface area contributed by atoms with Gasteiger partial charge in [-0.05, 0) is 35.9 Å². The van der Waals surface area contributed by atoms with E-state index in [2.05, 4.69) is 12.1 Å².